The van der Waals surface area contributed by atoms with Gasteiger partial charge in [-0.25, -0.2) is 9.48 Å². The summed E-state index contributed by atoms with van der Waals surface area (Å²) in [5, 5.41) is 12.0. The molecule has 0 saturated carbocycles. The van der Waals surface area contributed by atoms with Crippen LogP contribution in [0.1, 0.15) is 35.8 Å². The number of para-hydroxylation sites is 1. The van der Waals surface area contributed by atoms with Gasteiger partial charge < -0.3 is 5.11 Å². The molecule has 94 valence electrons. The molecule has 5 nitrogen and oxygen atoms in total. The first-order valence-corrected chi connectivity index (χ1v) is 5.66. The Morgan fingerprint density at radius 2 is 1.89 bits per heavy atom. The number of nitrogens with zero attached hydrogens (tertiary/aromatic N) is 1. The van der Waals surface area contributed by atoms with E-state index < -0.39 is 11.5 Å². The van der Waals surface area contributed by atoms with Gasteiger partial charge in [0.05, 0.1) is 11.4 Å². The van der Waals surface area contributed by atoms with E-state index in [0.717, 1.165) is 0 Å². The van der Waals surface area contributed by atoms with Crippen molar-refractivity contribution >= 4 is 5.97 Å². The lowest BCUT2D eigenvalue weighted by Crippen LogP contribution is -2.20. The van der Waals surface area contributed by atoms with Crippen LogP contribution in [0.5, 0.6) is 0 Å². The van der Waals surface area contributed by atoms with Gasteiger partial charge in [-0.05, 0) is 18.1 Å². The first kappa shape index (κ1) is 12.2. The minimum absolute atomic E-state index is 0.0613. The fourth-order valence-corrected chi connectivity index (χ4v) is 1.84. The molecule has 0 unspecified atom stereocenters. The molecular weight excluding hydrogens is 232 g/mol. The molecular formula is C13H14N2O3. The minimum Gasteiger partial charge on any atom is -0.477 e. The summed E-state index contributed by atoms with van der Waals surface area (Å²) in [6.45, 7) is 3.68. The first-order valence-electron chi connectivity index (χ1n) is 5.66. The predicted molar refractivity (Wildman–Crippen MR) is 67.4 cm³/mol. The molecule has 2 rings (SSSR count). The second-order valence-corrected chi connectivity index (χ2v) is 4.34. The molecule has 0 aliphatic heterocycles. The minimum atomic E-state index is -1.20. The molecule has 0 spiro atoms. The van der Waals surface area contributed by atoms with Crippen LogP contribution < -0.4 is 5.56 Å². The van der Waals surface area contributed by atoms with Crippen LogP contribution in [0.3, 0.4) is 0 Å². The Morgan fingerprint density at radius 1 is 1.28 bits per heavy atom. The van der Waals surface area contributed by atoms with Crippen LogP contribution in [-0.4, -0.2) is 20.9 Å². The Bertz CT molecular complexity index is 623. The van der Waals surface area contributed by atoms with Gasteiger partial charge in [-0.2, -0.15) is 0 Å². The Hall–Kier alpha value is -2.30. The van der Waals surface area contributed by atoms with Gasteiger partial charge in [0.2, 0.25) is 0 Å². The van der Waals surface area contributed by atoms with E-state index >= 15 is 0 Å². The number of carboxylic acid groups (broad SMARTS) is 1. The number of H-pyrrole nitrogens is 1. The maximum atomic E-state index is 12.1. The van der Waals surface area contributed by atoms with Gasteiger partial charge >= 0.3 is 5.97 Å². The number of aromatic nitrogens is 2. The third-order valence-electron chi connectivity index (χ3n) is 2.72. The second-order valence-electron chi connectivity index (χ2n) is 4.34. The normalized spacial score (nSPS) is 10.8. The summed E-state index contributed by atoms with van der Waals surface area (Å²) in [5.41, 5.74) is 0.347. The summed E-state index contributed by atoms with van der Waals surface area (Å²) in [6.07, 6.45) is 0. The van der Waals surface area contributed by atoms with E-state index in [-0.39, 0.29) is 11.5 Å². The van der Waals surface area contributed by atoms with E-state index in [2.05, 4.69) is 5.10 Å². The number of aromatic carboxylic acids is 1. The average molecular weight is 246 g/mol. The Labute approximate surface area is 104 Å². The van der Waals surface area contributed by atoms with Gasteiger partial charge in [-0.1, -0.05) is 32.0 Å². The number of carboxylic acids is 1. The molecule has 0 bridgehead atoms. The Morgan fingerprint density at radius 3 is 2.33 bits per heavy atom. The molecule has 18 heavy (non-hydrogen) atoms. The van der Waals surface area contributed by atoms with Crippen molar-refractivity contribution in [3.8, 4) is 5.69 Å². The fraction of sp³-hybridized carbons (Fsp3) is 0.231. The Kier molecular flexibility index (Phi) is 3.06. The number of nitrogens with one attached hydrogen (secondary N) is 1. The van der Waals surface area contributed by atoms with Crippen LogP contribution in [0.2, 0.25) is 0 Å². The number of carbonyl (C=O) groups is 1. The number of hydrogen-bond acceptors (Lipinski definition) is 2. The number of rotatable bonds is 3. The lowest BCUT2D eigenvalue weighted by molar-refractivity contribution is 0.0694. The highest BCUT2D eigenvalue weighted by Gasteiger charge is 2.22. The van der Waals surface area contributed by atoms with Crippen molar-refractivity contribution in [3.63, 3.8) is 0 Å². The second kappa shape index (κ2) is 4.52. The molecule has 0 fully saturated rings. The van der Waals surface area contributed by atoms with Crippen LogP contribution in [0, 0.1) is 0 Å². The van der Waals surface area contributed by atoms with Crippen LogP contribution in [0.4, 0.5) is 0 Å². The molecule has 0 aliphatic rings. The molecule has 5 heteroatoms. The molecule has 0 saturated heterocycles. The van der Waals surface area contributed by atoms with Gasteiger partial charge in [-0.3, -0.25) is 9.89 Å². The third kappa shape index (κ3) is 1.95. The molecule has 2 aromatic rings. The predicted octanol–water partition coefficient (Wildman–Crippen LogP) is 1.99. The zero-order chi connectivity index (χ0) is 13.3. The van der Waals surface area contributed by atoms with Crippen LogP contribution in [-0.2, 0) is 0 Å². The van der Waals surface area contributed by atoms with Gasteiger partial charge in [-0.15, -0.1) is 0 Å². The van der Waals surface area contributed by atoms with Crippen LogP contribution in [0.15, 0.2) is 35.1 Å². The zero-order valence-electron chi connectivity index (χ0n) is 10.2. The average Bonchev–Trinajstić information content (AvgIpc) is 2.68. The van der Waals surface area contributed by atoms with E-state index in [1.807, 2.05) is 19.9 Å². The molecule has 0 radical (unpaired) electrons. The quantitative estimate of drug-likeness (QED) is 0.869. The molecule has 0 atom stereocenters. The lowest BCUT2D eigenvalue weighted by Gasteiger charge is -2.03. The van der Waals surface area contributed by atoms with Crippen molar-refractivity contribution in [1.29, 1.82) is 0 Å². The molecule has 0 amide bonds. The monoisotopic (exact) mass is 246 g/mol. The van der Waals surface area contributed by atoms with Crippen LogP contribution >= 0.6 is 0 Å². The van der Waals surface area contributed by atoms with E-state index in [1.165, 1.54) is 4.68 Å². The molecule has 2 N–H and O–H groups in total. The maximum Gasteiger partial charge on any atom is 0.343 e. The van der Waals surface area contributed by atoms with E-state index in [4.69, 9.17) is 5.11 Å². The van der Waals surface area contributed by atoms with Crippen molar-refractivity contribution < 1.29 is 9.90 Å². The summed E-state index contributed by atoms with van der Waals surface area (Å²) < 4.78 is 1.26. The molecule has 1 aromatic carbocycles. The van der Waals surface area contributed by atoms with Crippen molar-refractivity contribution in [2.75, 3.05) is 0 Å². The van der Waals surface area contributed by atoms with Crippen molar-refractivity contribution in [2.45, 2.75) is 19.8 Å². The first-order chi connectivity index (χ1) is 8.52. The highest BCUT2D eigenvalue weighted by molar-refractivity contribution is 5.88. The van der Waals surface area contributed by atoms with Crippen molar-refractivity contribution in [2.24, 2.45) is 0 Å². The lowest BCUT2D eigenvalue weighted by atomic mass is 10.1. The van der Waals surface area contributed by atoms with Crippen molar-refractivity contribution in [1.82, 2.24) is 9.78 Å². The summed E-state index contributed by atoms with van der Waals surface area (Å²) in [7, 11) is 0. The highest BCUT2D eigenvalue weighted by atomic mass is 16.4. The summed E-state index contributed by atoms with van der Waals surface area (Å²) in [4.78, 5) is 23.2. The SMILES string of the molecule is CC(C)c1[nH]n(-c2ccccc2)c(=O)c1C(=O)O. The maximum absolute atomic E-state index is 12.1. The third-order valence-corrected chi connectivity index (χ3v) is 2.72. The highest BCUT2D eigenvalue weighted by Crippen LogP contribution is 2.16. The van der Waals surface area contributed by atoms with Crippen molar-refractivity contribution in [3.05, 3.63) is 51.9 Å². The standard InChI is InChI=1S/C13H14N2O3/c1-8(2)11-10(13(17)18)12(16)15(14-11)9-6-4-3-5-7-9/h3-8,14H,1-2H3,(H,17,18). The van der Waals surface area contributed by atoms with E-state index in [0.29, 0.717) is 11.4 Å². The van der Waals surface area contributed by atoms with Crippen LogP contribution in [0.25, 0.3) is 5.69 Å². The summed E-state index contributed by atoms with van der Waals surface area (Å²) in [6, 6.07) is 8.90. The topological polar surface area (TPSA) is 75.1 Å². The Balaban J connectivity index is 2.69. The van der Waals surface area contributed by atoms with E-state index in [1.54, 1.807) is 24.3 Å². The zero-order valence-corrected chi connectivity index (χ0v) is 10.2. The van der Waals surface area contributed by atoms with Gasteiger partial charge in [0, 0.05) is 0 Å². The number of aromatic amines is 1. The summed E-state index contributed by atoms with van der Waals surface area (Å²) >= 11 is 0. The van der Waals surface area contributed by atoms with Gasteiger partial charge in [0.25, 0.3) is 5.56 Å². The molecule has 0 aliphatic carbocycles. The van der Waals surface area contributed by atoms with Gasteiger partial charge in [0.15, 0.2) is 0 Å². The number of hydrogen-bond donors (Lipinski definition) is 2. The molecule has 1 aromatic heterocycles. The smallest absolute Gasteiger partial charge is 0.343 e. The fourth-order valence-electron chi connectivity index (χ4n) is 1.84. The summed E-state index contributed by atoms with van der Waals surface area (Å²) in [5.74, 6) is -1.26. The van der Waals surface area contributed by atoms with Gasteiger partial charge in [0.1, 0.15) is 5.56 Å². The largest absolute Gasteiger partial charge is 0.477 e. The van der Waals surface area contributed by atoms with E-state index in [9.17, 15) is 9.59 Å². The number of benzene rings is 1. The molecule has 1 heterocycles.